The lowest BCUT2D eigenvalue weighted by Crippen LogP contribution is -2.27. The molecule has 0 aliphatic heterocycles. The summed E-state index contributed by atoms with van der Waals surface area (Å²) in [6.45, 7) is 9.30. The Morgan fingerprint density at radius 3 is 2.59 bits per heavy atom. The number of benzene rings is 2. The monoisotopic (exact) mass is 452 g/mol. The number of para-hydroxylation sites is 2. The van der Waals surface area contributed by atoms with E-state index >= 15 is 0 Å². The molecular weight excluding hydrogens is 424 g/mol. The smallest absolute Gasteiger partial charge is 0.252 e. The molecule has 7 nitrogen and oxygen atoms in total. The number of aryl methyl sites for hydroxylation is 2. The number of aromatic nitrogens is 5. The first kappa shape index (κ1) is 21.8. The molecule has 3 heterocycles. The van der Waals surface area contributed by atoms with Gasteiger partial charge in [-0.3, -0.25) is 4.79 Å². The van der Waals surface area contributed by atoms with Gasteiger partial charge >= 0.3 is 0 Å². The molecule has 0 atom stereocenters. The van der Waals surface area contributed by atoms with Crippen LogP contribution in [0.1, 0.15) is 41.6 Å². The van der Waals surface area contributed by atoms with E-state index in [1.807, 2.05) is 54.1 Å². The molecule has 0 unspecified atom stereocenters. The van der Waals surface area contributed by atoms with E-state index in [-0.39, 0.29) is 11.9 Å². The van der Waals surface area contributed by atoms with Gasteiger partial charge in [0.2, 0.25) is 0 Å². The second-order valence-electron chi connectivity index (χ2n) is 8.85. The van der Waals surface area contributed by atoms with Crippen molar-refractivity contribution in [2.75, 3.05) is 6.54 Å². The summed E-state index contributed by atoms with van der Waals surface area (Å²) in [6, 6.07) is 18.1. The van der Waals surface area contributed by atoms with Gasteiger partial charge in [-0.15, -0.1) is 0 Å². The van der Waals surface area contributed by atoms with Crippen LogP contribution in [-0.2, 0) is 6.54 Å². The molecule has 0 saturated carbocycles. The fourth-order valence-electron chi connectivity index (χ4n) is 4.44. The highest BCUT2D eigenvalue weighted by Crippen LogP contribution is 2.28. The van der Waals surface area contributed by atoms with Crippen LogP contribution in [0.2, 0.25) is 0 Å². The maximum absolute atomic E-state index is 13.4. The summed E-state index contributed by atoms with van der Waals surface area (Å²) < 4.78 is 4.00. The Morgan fingerprint density at radius 1 is 1.03 bits per heavy atom. The number of hydrogen-bond donors (Lipinski definition) is 1. The Balaban J connectivity index is 1.47. The van der Waals surface area contributed by atoms with Gasteiger partial charge in [-0.25, -0.2) is 14.6 Å². The molecule has 0 radical (unpaired) electrons. The van der Waals surface area contributed by atoms with Gasteiger partial charge in [0.25, 0.3) is 5.91 Å². The van der Waals surface area contributed by atoms with Crippen LogP contribution in [0.3, 0.4) is 0 Å². The minimum absolute atomic E-state index is 0.130. The van der Waals surface area contributed by atoms with Crippen molar-refractivity contribution < 1.29 is 4.79 Å². The van der Waals surface area contributed by atoms with Crippen molar-refractivity contribution in [3.8, 4) is 11.3 Å². The lowest BCUT2D eigenvalue weighted by Gasteiger charge is -2.13. The van der Waals surface area contributed by atoms with E-state index in [2.05, 4.69) is 52.9 Å². The van der Waals surface area contributed by atoms with Crippen molar-refractivity contribution in [1.29, 1.82) is 0 Å². The highest BCUT2D eigenvalue weighted by molar-refractivity contribution is 6.06. The van der Waals surface area contributed by atoms with Crippen molar-refractivity contribution >= 4 is 28.0 Å². The van der Waals surface area contributed by atoms with Crippen LogP contribution in [0.5, 0.6) is 0 Å². The van der Waals surface area contributed by atoms with Gasteiger partial charge in [-0.2, -0.15) is 5.10 Å². The lowest BCUT2D eigenvalue weighted by molar-refractivity contribution is 0.0954. The zero-order valence-corrected chi connectivity index (χ0v) is 19.9. The summed E-state index contributed by atoms with van der Waals surface area (Å²) in [5, 5.41) is 8.38. The van der Waals surface area contributed by atoms with Crippen LogP contribution >= 0.6 is 0 Å². The van der Waals surface area contributed by atoms with Gasteiger partial charge in [0, 0.05) is 24.7 Å². The van der Waals surface area contributed by atoms with Crippen molar-refractivity contribution in [1.82, 2.24) is 29.6 Å². The van der Waals surface area contributed by atoms with E-state index in [0.717, 1.165) is 44.7 Å². The topological polar surface area (TPSA) is 77.6 Å². The maximum Gasteiger partial charge on any atom is 0.252 e. The molecule has 1 amide bonds. The Morgan fingerprint density at radius 2 is 1.79 bits per heavy atom. The second-order valence-corrected chi connectivity index (χ2v) is 8.85. The number of imidazole rings is 1. The van der Waals surface area contributed by atoms with Crippen molar-refractivity contribution in [2.24, 2.45) is 0 Å². The molecule has 34 heavy (non-hydrogen) atoms. The van der Waals surface area contributed by atoms with Gasteiger partial charge in [-0.05, 0) is 51.5 Å². The standard InChI is InChI=1S/C27H28N6O/c1-17(2)33-26-22(16-29-33)21(15-24(31-26)20-10-6-5-9-18(20)3)27(34)28-13-14-32-19(4)30-23-11-7-8-12-25(23)32/h5-12,15-17H,13-14H2,1-4H3,(H,28,34). The van der Waals surface area contributed by atoms with Crippen molar-refractivity contribution in [3.63, 3.8) is 0 Å². The third-order valence-corrected chi connectivity index (χ3v) is 6.19. The van der Waals surface area contributed by atoms with Gasteiger partial charge in [0.15, 0.2) is 5.65 Å². The van der Waals surface area contributed by atoms with Crippen LogP contribution in [0.25, 0.3) is 33.3 Å². The van der Waals surface area contributed by atoms with Gasteiger partial charge in [-0.1, -0.05) is 36.4 Å². The first-order valence-electron chi connectivity index (χ1n) is 11.6. The molecule has 0 aliphatic carbocycles. The van der Waals surface area contributed by atoms with E-state index in [0.29, 0.717) is 18.7 Å². The molecule has 0 saturated heterocycles. The molecule has 2 aromatic carbocycles. The summed E-state index contributed by atoms with van der Waals surface area (Å²) in [7, 11) is 0. The number of amides is 1. The largest absolute Gasteiger partial charge is 0.350 e. The minimum Gasteiger partial charge on any atom is -0.350 e. The normalized spacial score (nSPS) is 11.6. The number of fused-ring (bicyclic) bond motifs is 2. The predicted octanol–water partition coefficient (Wildman–Crippen LogP) is 5.08. The number of nitrogens with zero attached hydrogens (tertiary/aromatic N) is 5. The zero-order valence-electron chi connectivity index (χ0n) is 19.9. The molecule has 172 valence electrons. The number of carbonyl (C=O) groups is 1. The van der Waals surface area contributed by atoms with Gasteiger partial charge in [0.05, 0.1) is 33.9 Å². The van der Waals surface area contributed by atoms with Crippen LogP contribution in [0.4, 0.5) is 0 Å². The predicted molar refractivity (Wildman–Crippen MR) is 135 cm³/mol. The SMILES string of the molecule is Cc1ccccc1-c1cc(C(=O)NCCn2c(C)nc3ccccc32)c2cnn(C(C)C)c2n1. The summed E-state index contributed by atoms with van der Waals surface area (Å²) >= 11 is 0. The first-order chi connectivity index (χ1) is 16.4. The number of nitrogens with one attached hydrogen (secondary N) is 1. The fourth-order valence-corrected chi connectivity index (χ4v) is 4.44. The summed E-state index contributed by atoms with van der Waals surface area (Å²) in [4.78, 5) is 22.9. The Hall–Kier alpha value is -4.00. The van der Waals surface area contributed by atoms with E-state index in [4.69, 9.17) is 4.98 Å². The lowest BCUT2D eigenvalue weighted by atomic mass is 10.0. The van der Waals surface area contributed by atoms with E-state index in [9.17, 15) is 4.79 Å². The summed E-state index contributed by atoms with van der Waals surface area (Å²) in [5.74, 6) is 0.800. The molecule has 0 spiro atoms. The maximum atomic E-state index is 13.4. The number of carbonyl (C=O) groups excluding carboxylic acids is 1. The molecule has 0 fully saturated rings. The van der Waals surface area contributed by atoms with Crippen LogP contribution in [0.15, 0.2) is 60.8 Å². The fraction of sp³-hybridized carbons (Fsp3) is 0.259. The van der Waals surface area contributed by atoms with E-state index < -0.39 is 0 Å². The summed E-state index contributed by atoms with van der Waals surface area (Å²) in [6.07, 6.45) is 1.74. The van der Waals surface area contributed by atoms with Crippen LogP contribution < -0.4 is 5.32 Å². The van der Waals surface area contributed by atoms with Crippen molar-refractivity contribution in [3.05, 3.63) is 77.7 Å². The Kier molecular flexibility index (Phi) is 5.61. The number of pyridine rings is 1. The Labute approximate surface area is 198 Å². The first-order valence-corrected chi connectivity index (χ1v) is 11.6. The van der Waals surface area contributed by atoms with Gasteiger partial charge in [0.1, 0.15) is 5.82 Å². The second kappa shape index (κ2) is 8.74. The van der Waals surface area contributed by atoms with Crippen LogP contribution in [0, 0.1) is 13.8 Å². The molecule has 5 aromatic rings. The molecule has 1 N–H and O–H groups in total. The highest BCUT2D eigenvalue weighted by Gasteiger charge is 2.19. The quantitative estimate of drug-likeness (QED) is 0.390. The molecule has 7 heteroatoms. The van der Waals surface area contributed by atoms with Crippen molar-refractivity contribution in [2.45, 2.75) is 40.3 Å². The zero-order chi connectivity index (χ0) is 23.8. The average molecular weight is 453 g/mol. The van der Waals surface area contributed by atoms with E-state index in [1.54, 1.807) is 6.20 Å². The third kappa shape index (κ3) is 3.83. The molecular formula is C27H28N6O. The van der Waals surface area contributed by atoms with Crippen LogP contribution in [-0.4, -0.2) is 36.8 Å². The van der Waals surface area contributed by atoms with Gasteiger partial charge < -0.3 is 9.88 Å². The number of hydrogen-bond acceptors (Lipinski definition) is 4. The third-order valence-electron chi connectivity index (χ3n) is 6.19. The summed E-state index contributed by atoms with van der Waals surface area (Å²) in [5.41, 5.74) is 6.23. The Bertz CT molecular complexity index is 1510. The number of rotatable bonds is 6. The average Bonchev–Trinajstić information content (AvgIpc) is 3.39. The van der Waals surface area contributed by atoms with E-state index in [1.165, 1.54) is 0 Å². The minimum atomic E-state index is -0.132. The molecule has 3 aromatic heterocycles. The molecule has 0 aliphatic rings. The molecule has 0 bridgehead atoms. The highest BCUT2D eigenvalue weighted by atomic mass is 16.1. The molecule has 5 rings (SSSR count).